The second-order valence-corrected chi connectivity index (χ2v) is 10.1. The molecule has 3 aromatic carbocycles. The van der Waals surface area contributed by atoms with E-state index in [1.165, 1.54) is 29.3 Å². The van der Waals surface area contributed by atoms with Crippen LogP contribution in [0.5, 0.6) is 0 Å². The predicted octanol–water partition coefficient (Wildman–Crippen LogP) is 4.87. The molecule has 1 amide bonds. The average molecular weight is 496 g/mol. The van der Waals surface area contributed by atoms with Crippen LogP contribution in [0.25, 0.3) is 22.4 Å². The SMILES string of the molecule is Cc1cccc(-n2c(=O)c3ccccc3n3c(SCC(=O)Nc4ccc5c(c4)CCC5)nnc23)c1C. The maximum atomic E-state index is 13.6. The van der Waals surface area contributed by atoms with Crippen molar-refractivity contribution >= 4 is 40.0 Å². The monoisotopic (exact) mass is 495 g/mol. The lowest BCUT2D eigenvalue weighted by atomic mass is 10.1. The van der Waals surface area contributed by atoms with E-state index in [-0.39, 0.29) is 17.2 Å². The van der Waals surface area contributed by atoms with Crippen molar-refractivity contribution in [3.63, 3.8) is 0 Å². The molecule has 0 aliphatic heterocycles. The van der Waals surface area contributed by atoms with E-state index in [0.29, 0.717) is 21.8 Å². The van der Waals surface area contributed by atoms with Crippen molar-refractivity contribution in [1.29, 1.82) is 0 Å². The number of benzene rings is 3. The van der Waals surface area contributed by atoms with Crippen LogP contribution in [-0.4, -0.2) is 30.8 Å². The molecule has 5 aromatic rings. The molecule has 0 spiro atoms. The Morgan fingerprint density at radius 1 is 1.00 bits per heavy atom. The van der Waals surface area contributed by atoms with Crippen molar-refractivity contribution in [3.05, 3.63) is 93.3 Å². The molecular formula is C28H25N5O2S. The van der Waals surface area contributed by atoms with Gasteiger partial charge in [0.2, 0.25) is 11.7 Å². The summed E-state index contributed by atoms with van der Waals surface area (Å²) in [5, 5.41) is 12.9. The molecule has 180 valence electrons. The number of fused-ring (bicyclic) bond motifs is 4. The van der Waals surface area contributed by atoms with Crippen molar-refractivity contribution < 1.29 is 4.79 Å². The minimum Gasteiger partial charge on any atom is -0.325 e. The number of carbonyl (C=O) groups is 1. The molecule has 2 aromatic heterocycles. The zero-order chi connectivity index (χ0) is 24.8. The number of rotatable bonds is 5. The van der Waals surface area contributed by atoms with Crippen LogP contribution < -0.4 is 10.9 Å². The van der Waals surface area contributed by atoms with E-state index in [4.69, 9.17) is 0 Å². The summed E-state index contributed by atoms with van der Waals surface area (Å²) in [7, 11) is 0. The second-order valence-electron chi connectivity index (χ2n) is 9.17. The van der Waals surface area contributed by atoms with Gasteiger partial charge in [0.25, 0.3) is 5.56 Å². The Balaban J connectivity index is 1.37. The van der Waals surface area contributed by atoms with Crippen molar-refractivity contribution in [1.82, 2.24) is 19.2 Å². The molecule has 0 bridgehead atoms. The van der Waals surface area contributed by atoms with Gasteiger partial charge < -0.3 is 5.32 Å². The van der Waals surface area contributed by atoms with Crippen molar-refractivity contribution in [2.75, 3.05) is 11.1 Å². The lowest BCUT2D eigenvalue weighted by Crippen LogP contribution is -2.22. The van der Waals surface area contributed by atoms with Crippen LogP contribution >= 0.6 is 11.8 Å². The minimum atomic E-state index is -0.148. The highest BCUT2D eigenvalue weighted by molar-refractivity contribution is 7.99. The van der Waals surface area contributed by atoms with Crippen LogP contribution in [0.3, 0.4) is 0 Å². The van der Waals surface area contributed by atoms with Gasteiger partial charge in [-0.05, 0) is 85.7 Å². The van der Waals surface area contributed by atoms with E-state index in [9.17, 15) is 9.59 Å². The number of thioether (sulfide) groups is 1. The Hall–Kier alpha value is -3.91. The summed E-state index contributed by atoms with van der Waals surface area (Å²) in [6.07, 6.45) is 3.35. The smallest absolute Gasteiger partial charge is 0.267 e. The van der Waals surface area contributed by atoms with Gasteiger partial charge in [0, 0.05) is 5.69 Å². The first-order valence-electron chi connectivity index (χ1n) is 12.0. The fraction of sp³-hybridized carbons (Fsp3) is 0.214. The highest BCUT2D eigenvalue weighted by atomic mass is 32.2. The molecule has 0 saturated carbocycles. The third kappa shape index (κ3) is 3.78. The number of aromatic nitrogens is 4. The maximum absolute atomic E-state index is 13.6. The molecule has 6 rings (SSSR count). The quantitative estimate of drug-likeness (QED) is 0.352. The van der Waals surface area contributed by atoms with Gasteiger partial charge in [0.15, 0.2) is 5.16 Å². The first-order chi connectivity index (χ1) is 17.5. The van der Waals surface area contributed by atoms with Crippen molar-refractivity contribution in [2.24, 2.45) is 0 Å². The Morgan fingerprint density at radius 2 is 1.83 bits per heavy atom. The highest BCUT2D eigenvalue weighted by Crippen LogP contribution is 2.27. The maximum Gasteiger partial charge on any atom is 0.267 e. The van der Waals surface area contributed by atoms with Crippen molar-refractivity contribution in [2.45, 2.75) is 38.3 Å². The molecule has 0 atom stereocenters. The van der Waals surface area contributed by atoms with Gasteiger partial charge in [0.05, 0.1) is 22.3 Å². The number of para-hydroxylation sites is 1. The third-order valence-electron chi connectivity index (χ3n) is 6.93. The van der Waals surface area contributed by atoms with Gasteiger partial charge in [-0.3, -0.25) is 14.0 Å². The van der Waals surface area contributed by atoms with Crippen LogP contribution in [0.4, 0.5) is 5.69 Å². The molecule has 8 heteroatoms. The number of carbonyl (C=O) groups excluding carboxylic acids is 1. The third-order valence-corrected chi connectivity index (χ3v) is 7.86. The van der Waals surface area contributed by atoms with E-state index in [0.717, 1.165) is 35.3 Å². The summed E-state index contributed by atoms with van der Waals surface area (Å²) in [5.41, 5.74) is 6.94. The molecule has 0 unspecified atom stereocenters. The van der Waals surface area contributed by atoms with Gasteiger partial charge in [-0.15, -0.1) is 10.2 Å². The van der Waals surface area contributed by atoms with Crippen LogP contribution in [0.2, 0.25) is 0 Å². The molecule has 36 heavy (non-hydrogen) atoms. The standard InChI is InChI=1S/C28H25N5O2S/c1-17-7-5-12-23(18(17)2)32-26(35)22-10-3-4-11-24(22)33-27(32)30-31-28(33)36-16-25(34)29-21-14-13-19-8-6-9-20(19)15-21/h3-5,7,10-15H,6,8-9,16H2,1-2H3,(H,29,34). The number of nitrogens with zero attached hydrogens (tertiary/aromatic N) is 4. The van der Waals surface area contributed by atoms with Gasteiger partial charge in [-0.25, -0.2) is 4.57 Å². The summed E-state index contributed by atoms with van der Waals surface area (Å²) in [6, 6.07) is 19.5. The summed E-state index contributed by atoms with van der Waals surface area (Å²) >= 11 is 1.30. The Morgan fingerprint density at radius 3 is 2.72 bits per heavy atom. The molecule has 0 fully saturated rings. The molecule has 1 aliphatic rings. The van der Waals surface area contributed by atoms with Gasteiger partial charge in [0.1, 0.15) is 0 Å². The Bertz CT molecular complexity index is 1720. The summed E-state index contributed by atoms with van der Waals surface area (Å²) in [5.74, 6) is 0.491. The Labute approximate surface area is 212 Å². The largest absolute Gasteiger partial charge is 0.325 e. The summed E-state index contributed by atoms with van der Waals surface area (Å²) < 4.78 is 3.48. The molecule has 0 radical (unpaired) electrons. The van der Waals surface area contributed by atoms with Gasteiger partial charge in [-0.1, -0.05) is 42.1 Å². The molecular weight excluding hydrogens is 470 g/mol. The molecule has 2 heterocycles. The van der Waals surface area contributed by atoms with Gasteiger partial charge in [-0.2, -0.15) is 0 Å². The topological polar surface area (TPSA) is 81.3 Å². The van der Waals surface area contributed by atoms with Crippen LogP contribution in [-0.2, 0) is 17.6 Å². The minimum absolute atomic E-state index is 0.109. The van der Waals surface area contributed by atoms with E-state index in [2.05, 4.69) is 27.6 Å². The van der Waals surface area contributed by atoms with Crippen LogP contribution in [0, 0.1) is 13.8 Å². The average Bonchev–Trinajstić information content (AvgIpc) is 3.52. The number of aryl methyl sites for hydroxylation is 3. The van der Waals surface area contributed by atoms with Crippen LogP contribution in [0.1, 0.15) is 28.7 Å². The lowest BCUT2D eigenvalue weighted by molar-refractivity contribution is -0.113. The van der Waals surface area contributed by atoms with E-state index < -0.39 is 0 Å². The van der Waals surface area contributed by atoms with E-state index >= 15 is 0 Å². The summed E-state index contributed by atoms with van der Waals surface area (Å²) in [4.78, 5) is 26.4. The highest BCUT2D eigenvalue weighted by Gasteiger charge is 2.20. The number of nitrogens with one attached hydrogen (secondary N) is 1. The lowest BCUT2D eigenvalue weighted by Gasteiger charge is -2.14. The fourth-order valence-corrected chi connectivity index (χ4v) is 5.68. The zero-order valence-corrected chi connectivity index (χ0v) is 20.9. The predicted molar refractivity (Wildman–Crippen MR) is 143 cm³/mol. The normalized spacial score (nSPS) is 12.8. The van der Waals surface area contributed by atoms with Crippen molar-refractivity contribution in [3.8, 4) is 5.69 Å². The van der Waals surface area contributed by atoms with E-state index in [1.807, 2.05) is 66.8 Å². The first-order valence-corrected chi connectivity index (χ1v) is 13.0. The van der Waals surface area contributed by atoms with Crippen LogP contribution in [0.15, 0.2) is 70.6 Å². The summed E-state index contributed by atoms with van der Waals surface area (Å²) in [6.45, 7) is 4.02. The zero-order valence-electron chi connectivity index (χ0n) is 20.1. The molecule has 1 aliphatic carbocycles. The molecule has 7 nitrogen and oxygen atoms in total. The van der Waals surface area contributed by atoms with E-state index in [1.54, 1.807) is 4.57 Å². The fourth-order valence-electron chi connectivity index (χ4n) is 4.94. The number of hydrogen-bond acceptors (Lipinski definition) is 5. The number of hydrogen-bond donors (Lipinski definition) is 1. The number of amides is 1. The second kappa shape index (κ2) is 8.95. The number of anilines is 1. The Kier molecular flexibility index (Phi) is 5.60. The molecule has 0 saturated heterocycles. The van der Waals surface area contributed by atoms with Gasteiger partial charge >= 0.3 is 0 Å². The first kappa shape index (κ1) is 22.5. The molecule has 1 N–H and O–H groups in total.